The number of rotatable bonds is 3. The van der Waals surface area contributed by atoms with E-state index in [1.54, 1.807) is 0 Å². The maximum atomic E-state index is 5.81. The van der Waals surface area contributed by atoms with Gasteiger partial charge in [0.15, 0.2) is 0 Å². The first-order valence-electron chi connectivity index (χ1n) is 5.23. The van der Waals surface area contributed by atoms with Crippen LogP contribution in [0.4, 0.5) is 0 Å². The Morgan fingerprint density at radius 1 is 1.29 bits per heavy atom. The number of nitrogens with two attached hydrogens (primary N) is 1. The molecule has 0 saturated heterocycles. The Balaban J connectivity index is 3.05. The van der Waals surface area contributed by atoms with Crippen LogP contribution in [0.3, 0.4) is 0 Å². The molecule has 1 atom stereocenters. The van der Waals surface area contributed by atoms with Crippen LogP contribution in [0.15, 0.2) is 0 Å². The van der Waals surface area contributed by atoms with Gasteiger partial charge in [-0.3, -0.25) is 4.68 Å². The second-order valence-corrected chi connectivity index (χ2v) is 4.37. The van der Waals surface area contributed by atoms with Crippen LogP contribution in [0, 0.1) is 13.8 Å². The molecule has 3 heteroatoms. The third-order valence-corrected chi connectivity index (χ3v) is 2.49. The normalized spacial score (nSPS) is 13.6. The first-order valence-corrected chi connectivity index (χ1v) is 5.23. The third kappa shape index (κ3) is 2.15. The van der Waals surface area contributed by atoms with E-state index in [4.69, 9.17) is 5.73 Å². The molecule has 0 saturated carbocycles. The number of aryl methyl sites for hydroxylation is 1. The summed E-state index contributed by atoms with van der Waals surface area (Å²) in [5.74, 6) is 0. The number of hydrogen-bond donors (Lipinski definition) is 1. The van der Waals surface area contributed by atoms with Crippen LogP contribution < -0.4 is 5.73 Å². The summed E-state index contributed by atoms with van der Waals surface area (Å²) in [5.41, 5.74) is 9.50. The van der Waals surface area contributed by atoms with Crippen LogP contribution in [0.5, 0.6) is 0 Å². The van der Waals surface area contributed by atoms with Gasteiger partial charge in [-0.1, -0.05) is 0 Å². The Kier molecular flexibility index (Phi) is 3.32. The van der Waals surface area contributed by atoms with E-state index >= 15 is 0 Å². The van der Waals surface area contributed by atoms with Gasteiger partial charge in [-0.15, -0.1) is 0 Å². The highest BCUT2D eigenvalue weighted by atomic mass is 15.3. The van der Waals surface area contributed by atoms with Crippen LogP contribution in [0.25, 0.3) is 0 Å². The maximum Gasteiger partial charge on any atom is 0.0629 e. The molecule has 0 aliphatic heterocycles. The minimum atomic E-state index is 0.206. The van der Waals surface area contributed by atoms with Gasteiger partial charge in [-0.05, 0) is 46.6 Å². The molecule has 1 heterocycles. The molecular formula is C11H21N3. The standard InChI is InChI=1S/C11H21N3/c1-7(2)14-10(5)11(6-8(3)12)9(4)13-14/h7-8H,6,12H2,1-5H3/t8-/m0/s1. The van der Waals surface area contributed by atoms with Gasteiger partial charge in [-0.2, -0.15) is 5.10 Å². The summed E-state index contributed by atoms with van der Waals surface area (Å²) in [5, 5.41) is 4.52. The molecule has 0 unspecified atom stereocenters. The zero-order valence-corrected chi connectivity index (χ0v) is 9.83. The molecular weight excluding hydrogens is 174 g/mol. The van der Waals surface area contributed by atoms with Gasteiger partial charge in [0.05, 0.1) is 5.69 Å². The topological polar surface area (TPSA) is 43.8 Å². The smallest absolute Gasteiger partial charge is 0.0629 e. The van der Waals surface area contributed by atoms with Crippen LogP contribution in [0.2, 0.25) is 0 Å². The molecule has 0 aliphatic carbocycles. The average molecular weight is 195 g/mol. The van der Waals surface area contributed by atoms with Gasteiger partial charge in [-0.25, -0.2) is 0 Å². The SMILES string of the molecule is Cc1nn(C(C)C)c(C)c1C[C@H](C)N. The van der Waals surface area contributed by atoms with Crippen LogP contribution in [-0.4, -0.2) is 15.8 Å². The highest BCUT2D eigenvalue weighted by Gasteiger charge is 2.13. The second kappa shape index (κ2) is 4.13. The molecule has 1 rings (SSSR count). The van der Waals surface area contributed by atoms with E-state index in [1.807, 2.05) is 6.92 Å². The van der Waals surface area contributed by atoms with Crippen molar-refractivity contribution in [2.24, 2.45) is 5.73 Å². The monoisotopic (exact) mass is 195 g/mol. The lowest BCUT2D eigenvalue weighted by Gasteiger charge is -2.09. The van der Waals surface area contributed by atoms with Gasteiger partial charge < -0.3 is 5.73 Å². The van der Waals surface area contributed by atoms with E-state index in [9.17, 15) is 0 Å². The third-order valence-electron chi connectivity index (χ3n) is 2.49. The first-order chi connectivity index (χ1) is 6.43. The van der Waals surface area contributed by atoms with Crippen molar-refractivity contribution in [1.82, 2.24) is 9.78 Å². The minimum absolute atomic E-state index is 0.206. The lowest BCUT2D eigenvalue weighted by Crippen LogP contribution is -2.18. The van der Waals surface area contributed by atoms with Crippen molar-refractivity contribution in [1.29, 1.82) is 0 Å². The van der Waals surface area contributed by atoms with Gasteiger partial charge in [0.2, 0.25) is 0 Å². The lowest BCUT2D eigenvalue weighted by atomic mass is 10.1. The molecule has 0 radical (unpaired) electrons. The van der Waals surface area contributed by atoms with Gasteiger partial charge in [0, 0.05) is 17.8 Å². The number of hydrogen-bond acceptors (Lipinski definition) is 2. The zero-order valence-electron chi connectivity index (χ0n) is 9.83. The van der Waals surface area contributed by atoms with E-state index in [0.29, 0.717) is 6.04 Å². The van der Waals surface area contributed by atoms with E-state index in [2.05, 4.69) is 37.5 Å². The van der Waals surface area contributed by atoms with Crippen molar-refractivity contribution in [3.8, 4) is 0 Å². The minimum Gasteiger partial charge on any atom is -0.328 e. The Morgan fingerprint density at radius 3 is 2.21 bits per heavy atom. The van der Waals surface area contributed by atoms with Gasteiger partial charge in [0.1, 0.15) is 0 Å². The Hall–Kier alpha value is -0.830. The Bertz CT molecular complexity index is 311. The fourth-order valence-electron chi connectivity index (χ4n) is 1.82. The fraction of sp³-hybridized carbons (Fsp3) is 0.727. The van der Waals surface area contributed by atoms with Gasteiger partial charge >= 0.3 is 0 Å². The van der Waals surface area contributed by atoms with Crippen molar-refractivity contribution in [3.63, 3.8) is 0 Å². The molecule has 1 aromatic heterocycles. The largest absolute Gasteiger partial charge is 0.328 e. The predicted molar refractivity (Wildman–Crippen MR) is 59.4 cm³/mol. The van der Waals surface area contributed by atoms with Crippen molar-refractivity contribution in [2.75, 3.05) is 0 Å². The van der Waals surface area contributed by atoms with Crippen LogP contribution >= 0.6 is 0 Å². The molecule has 0 bridgehead atoms. The average Bonchev–Trinajstić information content (AvgIpc) is 2.31. The van der Waals surface area contributed by atoms with E-state index < -0.39 is 0 Å². The molecule has 14 heavy (non-hydrogen) atoms. The van der Waals surface area contributed by atoms with Crippen molar-refractivity contribution >= 4 is 0 Å². The maximum absolute atomic E-state index is 5.81. The molecule has 2 N–H and O–H groups in total. The Morgan fingerprint density at radius 2 is 1.86 bits per heavy atom. The highest BCUT2D eigenvalue weighted by Crippen LogP contribution is 2.18. The molecule has 0 amide bonds. The summed E-state index contributed by atoms with van der Waals surface area (Å²) in [6.45, 7) is 10.5. The highest BCUT2D eigenvalue weighted by molar-refractivity contribution is 5.25. The molecule has 0 fully saturated rings. The second-order valence-electron chi connectivity index (χ2n) is 4.37. The summed E-state index contributed by atoms with van der Waals surface area (Å²) in [6.07, 6.45) is 0.921. The zero-order chi connectivity index (χ0) is 10.9. The van der Waals surface area contributed by atoms with Crippen molar-refractivity contribution in [2.45, 2.75) is 53.1 Å². The Labute approximate surface area is 86.3 Å². The molecule has 0 aliphatic rings. The van der Waals surface area contributed by atoms with Gasteiger partial charge in [0.25, 0.3) is 0 Å². The van der Waals surface area contributed by atoms with Crippen LogP contribution in [-0.2, 0) is 6.42 Å². The summed E-state index contributed by atoms with van der Waals surface area (Å²) in [7, 11) is 0. The molecule has 1 aromatic rings. The van der Waals surface area contributed by atoms with Crippen LogP contribution in [0.1, 0.15) is 43.8 Å². The first kappa shape index (κ1) is 11.2. The fourth-order valence-corrected chi connectivity index (χ4v) is 1.82. The lowest BCUT2D eigenvalue weighted by molar-refractivity contribution is 0.515. The summed E-state index contributed by atoms with van der Waals surface area (Å²) >= 11 is 0. The summed E-state index contributed by atoms with van der Waals surface area (Å²) in [6, 6.07) is 0.632. The summed E-state index contributed by atoms with van der Waals surface area (Å²) < 4.78 is 2.08. The predicted octanol–water partition coefficient (Wildman–Crippen LogP) is 1.97. The van der Waals surface area contributed by atoms with Crippen molar-refractivity contribution < 1.29 is 0 Å². The number of nitrogens with zero attached hydrogens (tertiary/aromatic N) is 2. The molecule has 0 aromatic carbocycles. The van der Waals surface area contributed by atoms with E-state index in [1.165, 1.54) is 11.3 Å². The summed E-state index contributed by atoms with van der Waals surface area (Å²) in [4.78, 5) is 0. The molecule has 0 spiro atoms. The molecule has 80 valence electrons. The number of aromatic nitrogens is 2. The van der Waals surface area contributed by atoms with Crippen molar-refractivity contribution in [3.05, 3.63) is 17.0 Å². The quantitative estimate of drug-likeness (QED) is 0.801. The van der Waals surface area contributed by atoms with E-state index in [-0.39, 0.29) is 6.04 Å². The van der Waals surface area contributed by atoms with E-state index in [0.717, 1.165) is 12.1 Å². The molecule has 3 nitrogen and oxygen atoms in total.